The molecule has 0 aliphatic carbocycles. The maximum absolute atomic E-state index is 4.59. The van der Waals surface area contributed by atoms with Crippen molar-refractivity contribution in [3.05, 3.63) is 58.8 Å². The summed E-state index contributed by atoms with van der Waals surface area (Å²) in [5, 5.41) is 3.35. The standard InChI is InChI=1S/C20H25N5S/c1-17-22-19(16-26-17)15-24-11-9-23(10-12-24)13-14-25-8-7-21-20(25)18-5-3-2-4-6-18/h2-8,16H,9-15H2,1H3. The van der Waals surface area contributed by atoms with Gasteiger partial charge in [-0.2, -0.15) is 0 Å². The van der Waals surface area contributed by atoms with Crippen molar-refractivity contribution in [2.24, 2.45) is 0 Å². The van der Waals surface area contributed by atoms with Gasteiger partial charge < -0.3 is 4.57 Å². The van der Waals surface area contributed by atoms with Gasteiger partial charge in [-0.1, -0.05) is 30.3 Å². The first-order valence-corrected chi connectivity index (χ1v) is 10.1. The molecule has 3 aromatic rings. The van der Waals surface area contributed by atoms with Crippen molar-refractivity contribution in [3.63, 3.8) is 0 Å². The predicted molar refractivity (Wildman–Crippen MR) is 106 cm³/mol. The molecular formula is C20H25N5S. The van der Waals surface area contributed by atoms with Crippen LogP contribution < -0.4 is 0 Å². The average molecular weight is 368 g/mol. The Hall–Kier alpha value is -2.02. The van der Waals surface area contributed by atoms with Crippen LogP contribution in [0, 0.1) is 6.92 Å². The molecule has 0 bridgehead atoms. The van der Waals surface area contributed by atoms with E-state index in [2.05, 4.69) is 67.1 Å². The normalized spacial score (nSPS) is 16.2. The number of imidazole rings is 1. The van der Waals surface area contributed by atoms with Crippen molar-refractivity contribution in [2.45, 2.75) is 20.0 Å². The first-order valence-electron chi connectivity index (χ1n) is 9.20. The summed E-state index contributed by atoms with van der Waals surface area (Å²) in [6.45, 7) is 9.59. The van der Waals surface area contributed by atoms with Crippen LogP contribution >= 0.6 is 11.3 Å². The van der Waals surface area contributed by atoms with Crippen molar-refractivity contribution in [3.8, 4) is 11.4 Å². The van der Waals surface area contributed by atoms with Crippen LogP contribution in [0.25, 0.3) is 11.4 Å². The number of hydrogen-bond acceptors (Lipinski definition) is 5. The highest BCUT2D eigenvalue weighted by atomic mass is 32.1. The van der Waals surface area contributed by atoms with Crippen LogP contribution in [0.4, 0.5) is 0 Å². The summed E-state index contributed by atoms with van der Waals surface area (Å²) < 4.78 is 2.26. The molecular weight excluding hydrogens is 342 g/mol. The number of benzene rings is 1. The van der Waals surface area contributed by atoms with E-state index in [1.165, 1.54) is 11.3 Å². The van der Waals surface area contributed by atoms with Gasteiger partial charge in [-0.15, -0.1) is 11.3 Å². The molecule has 1 fully saturated rings. The summed E-state index contributed by atoms with van der Waals surface area (Å²) in [6, 6.07) is 10.4. The maximum Gasteiger partial charge on any atom is 0.139 e. The number of rotatable bonds is 6. The largest absolute Gasteiger partial charge is 0.330 e. The average Bonchev–Trinajstić information content (AvgIpc) is 3.31. The molecule has 1 aliphatic heterocycles. The monoisotopic (exact) mass is 367 g/mol. The molecule has 0 unspecified atom stereocenters. The third-order valence-electron chi connectivity index (χ3n) is 4.92. The SMILES string of the molecule is Cc1nc(CN2CCN(CCn3ccnc3-c3ccccc3)CC2)cs1. The highest BCUT2D eigenvalue weighted by molar-refractivity contribution is 7.09. The molecule has 1 aromatic carbocycles. The van der Waals surface area contributed by atoms with Crippen LogP contribution in [0.1, 0.15) is 10.7 Å². The van der Waals surface area contributed by atoms with E-state index >= 15 is 0 Å². The predicted octanol–water partition coefficient (Wildman–Crippen LogP) is 3.13. The number of piperazine rings is 1. The Balaban J connectivity index is 1.27. The molecule has 0 amide bonds. The first-order chi connectivity index (χ1) is 12.8. The molecule has 3 heterocycles. The fourth-order valence-electron chi connectivity index (χ4n) is 3.47. The zero-order chi connectivity index (χ0) is 17.8. The minimum Gasteiger partial charge on any atom is -0.330 e. The maximum atomic E-state index is 4.59. The van der Waals surface area contributed by atoms with Gasteiger partial charge in [-0.3, -0.25) is 9.80 Å². The lowest BCUT2D eigenvalue weighted by atomic mass is 10.2. The molecule has 1 aliphatic rings. The molecule has 0 radical (unpaired) electrons. The number of hydrogen-bond donors (Lipinski definition) is 0. The zero-order valence-corrected chi connectivity index (χ0v) is 16.0. The van der Waals surface area contributed by atoms with Crippen LogP contribution in [0.3, 0.4) is 0 Å². The molecule has 1 saturated heterocycles. The molecule has 0 atom stereocenters. The molecule has 5 nitrogen and oxygen atoms in total. The van der Waals surface area contributed by atoms with E-state index in [1.54, 1.807) is 11.3 Å². The van der Waals surface area contributed by atoms with E-state index in [9.17, 15) is 0 Å². The summed E-state index contributed by atoms with van der Waals surface area (Å²) in [5.74, 6) is 1.06. The topological polar surface area (TPSA) is 37.2 Å². The summed E-state index contributed by atoms with van der Waals surface area (Å²) in [7, 11) is 0. The molecule has 26 heavy (non-hydrogen) atoms. The van der Waals surface area contributed by atoms with Crippen LogP contribution in [-0.4, -0.2) is 57.1 Å². The second-order valence-electron chi connectivity index (χ2n) is 6.79. The summed E-state index contributed by atoms with van der Waals surface area (Å²) >= 11 is 1.74. The lowest BCUT2D eigenvalue weighted by Crippen LogP contribution is -2.46. The van der Waals surface area contributed by atoms with Crippen LogP contribution in [-0.2, 0) is 13.1 Å². The van der Waals surface area contributed by atoms with Crippen molar-refractivity contribution in [1.82, 2.24) is 24.3 Å². The van der Waals surface area contributed by atoms with Gasteiger partial charge in [0.15, 0.2) is 0 Å². The first kappa shape index (κ1) is 17.4. The van der Waals surface area contributed by atoms with Gasteiger partial charge >= 0.3 is 0 Å². The fraction of sp³-hybridized carbons (Fsp3) is 0.400. The van der Waals surface area contributed by atoms with E-state index in [4.69, 9.17) is 0 Å². The van der Waals surface area contributed by atoms with Crippen molar-refractivity contribution < 1.29 is 0 Å². The smallest absolute Gasteiger partial charge is 0.139 e. The second-order valence-corrected chi connectivity index (χ2v) is 7.85. The highest BCUT2D eigenvalue weighted by Gasteiger charge is 2.18. The van der Waals surface area contributed by atoms with Gasteiger partial charge in [-0.05, 0) is 6.92 Å². The minimum absolute atomic E-state index is 0.982. The molecule has 6 heteroatoms. The lowest BCUT2D eigenvalue weighted by molar-refractivity contribution is 0.123. The van der Waals surface area contributed by atoms with Gasteiger partial charge in [0.05, 0.1) is 10.7 Å². The van der Waals surface area contributed by atoms with E-state index in [0.29, 0.717) is 0 Å². The van der Waals surface area contributed by atoms with E-state index in [1.807, 2.05) is 12.3 Å². The Morgan fingerprint density at radius 1 is 1.00 bits per heavy atom. The Morgan fingerprint density at radius 3 is 2.50 bits per heavy atom. The molecule has 0 saturated carbocycles. The van der Waals surface area contributed by atoms with Gasteiger partial charge in [-0.25, -0.2) is 9.97 Å². The molecule has 2 aromatic heterocycles. The van der Waals surface area contributed by atoms with Crippen molar-refractivity contribution in [1.29, 1.82) is 0 Å². The molecule has 0 N–H and O–H groups in total. The van der Waals surface area contributed by atoms with Crippen LogP contribution in [0.5, 0.6) is 0 Å². The van der Waals surface area contributed by atoms with Gasteiger partial charge in [0.1, 0.15) is 5.82 Å². The van der Waals surface area contributed by atoms with E-state index in [0.717, 1.165) is 56.6 Å². The quantitative estimate of drug-likeness (QED) is 0.671. The number of thiazole rings is 1. The Morgan fingerprint density at radius 2 is 1.77 bits per heavy atom. The number of nitrogens with zero attached hydrogens (tertiary/aromatic N) is 5. The highest BCUT2D eigenvalue weighted by Crippen LogP contribution is 2.17. The lowest BCUT2D eigenvalue weighted by Gasteiger charge is -2.34. The Labute approximate surface area is 158 Å². The zero-order valence-electron chi connectivity index (χ0n) is 15.2. The Kier molecular flexibility index (Phi) is 5.43. The van der Waals surface area contributed by atoms with E-state index < -0.39 is 0 Å². The fourth-order valence-corrected chi connectivity index (χ4v) is 4.07. The molecule has 4 rings (SSSR count). The van der Waals surface area contributed by atoms with Gasteiger partial charge in [0.25, 0.3) is 0 Å². The van der Waals surface area contributed by atoms with Gasteiger partial charge in [0, 0.05) is 69.2 Å². The van der Waals surface area contributed by atoms with Crippen molar-refractivity contribution in [2.75, 3.05) is 32.7 Å². The molecule has 136 valence electrons. The summed E-state index contributed by atoms with van der Waals surface area (Å²) in [6.07, 6.45) is 3.99. The summed E-state index contributed by atoms with van der Waals surface area (Å²) in [5.41, 5.74) is 2.40. The van der Waals surface area contributed by atoms with E-state index in [-0.39, 0.29) is 0 Å². The minimum atomic E-state index is 0.982. The second kappa shape index (κ2) is 8.12. The van der Waals surface area contributed by atoms with Crippen LogP contribution in [0.2, 0.25) is 0 Å². The third kappa shape index (κ3) is 4.20. The number of aromatic nitrogens is 3. The Bertz CT molecular complexity index is 818. The van der Waals surface area contributed by atoms with Gasteiger partial charge in [0.2, 0.25) is 0 Å². The third-order valence-corrected chi connectivity index (χ3v) is 5.74. The summed E-state index contributed by atoms with van der Waals surface area (Å²) in [4.78, 5) is 14.2. The van der Waals surface area contributed by atoms with Crippen LogP contribution in [0.15, 0.2) is 48.1 Å². The molecule has 0 spiro atoms. The van der Waals surface area contributed by atoms with Crippen molar-refractivity contribution >= 4 is 11.3 Å². The number of aryl methyl sites for hydroxylation is 1.